The van der Waals surface area contributed by atoms with Gasteiger partial charge in [0.2, 0.25) is 5.91 Å². The van der Waals surface area contributed by atoms with E-state index in [2.05, 4.69) is 10.3 Å². The summed E-state index contributed by atoms with van der Waals surface area (Å²) in [5.74, 6) is 0.498. The molecule has 1 amide bonds. The van der Waals surface area contributed by atoms with Crippen molar-refractivity contribution in [2.24, 2.45) is 5.92 Å². The summed E-state index contributed by atoms with van der Waals surface area (Å²) in [5.41, 5.74) is 1.08. The highest BCUT2D eigenvalue weighted by molar-refractivity contribution is 7.09. The van der Waals surface area contributed by atoms with Gasteiger partial charge in [-0.2, -0.15) is 0 Å². The molecule has 1 aromatic heterocycles. The number of carboxylic acid groups (broad SMARTS) is 1. The zero-order valence-corrected chi connectivity index (χ0v) is 14.0. The van der Waals surface area contributed by atoms with Gasteiger partial charge in [-0.05, 0) is 30.0 Å². The predicted octanol–water partition coefficient (Wildman–Crippen LogP) is 2.03. The first-order valence-electron chi connectivity index (χ1n) is 7.97. The molecule has 2 atom stereocenters. The molecule has 1 aliphatic carbocycles. The van der Waals surface area contributed by atoms with Crippen molar-refractivity contribution in [2.75, 3.05) is 13.2 Å². The van der Waals surface area contributed by atoms with E-state index in [1.807, 2.05) is 18.2 Å². The molecule has 130 valence electrons. The number of nitrogens with one attached hydrogen (secondary N) is 1. The monoisotopic (exact) mass is 360 g/mol. The van der Waals surface area contributed by atoms with Crippen LogP contribution in [-0.2, 0) is 11.3 Å². The minimum absolute atomic E-state index is 0.00910. The molecule has 1 saturated carbocycles. The third-order valence-corrected chi connectivity index (χ3v) is 5.16. The maximum atomic E-state index is 12.3. The lowest BCUT2D eigenvalue weighted by Gasteiger charge is -2.18. The lowest BCUT2D eigenvalue weighted by Crippen LogP contribution is -2.24. The Labute approximate surface area is 147 Å². The van der Waals surface area contributed by atoms with Crippen LogP contribution in [0.5, 0.6) is 11.5 Å². The number of benzene rings is 1. The maximum absolute atomic E-state index is 12.3. The Kier molecular flexibility index (Phi) is 4.04. The molecule has 2 aliphatic rings. The highest BCUT2D eigenvalue weighted by atomic mass is 32.1. The topological polar surface area (TPSA) is 97.8 Å². The summed E-state index contributed by atoms with van der Waals surface area (Å²) in [6.45, 7) is 1.35. The number of carbonyl (C=O) groups is 2. The molecule has 0 saturated heterocycles. The molecular formula is C17H16N2O5S. The van der Waals surface area contributed by atoms with Crippen LogP contribution in [0.3, 0.4) is 0 Å². The average Bonchev–Trinajstić information content (AvgIpc) is 3.28. The largest absolute Gasteiger partial charge is 0.486 e. The summed E-state index contributed by atoms with van der Waals surface area (Å²) >= 11 is 1.23. The number of amides is 1. The van der Waals surface area contributed by atoms with Gasteiger partial charge in [-0.25, -0.2) is 9.78 Å². The minimum atomic E-state index is -1.06. The normalized spacial score (nSPS) is 20.8. The second kappa shape index (κ2) is 6.36. The molecule has 0 radical (unpaired) electrons. The Bertz CT molecular complexity index is 834. The van der Waals surface area contributed by atoms with E-state index in [0.29, 0.717) is 18.2 Å². The van der Waals surface area contributed by atoms with E-state index >= 15 is 0 Å². The van der Waals surface area contributed by atoms with Gasteiger partial charge in [0.1, 0.15) is 18.2 Å². The first-order chi connectivity index (χ1) is 12.1. The van der Waals surface area contributed by atoms with Gasteiger partial charge < -0.3 is 19.9 Å². The predicted molar refractivity (Wildman–Crippen MR) is 89.2 cm³/mol. The summed E-state index contributed by atoms with van der Waals surface area (Å²) in [7, 11) is 0. The minimum Gasteiger partial charge on any atom is -0.486 e. The lowest BCUT2D eigenvalue weighted by molar-refractivity contribution is -0.122. The average molecular weight is 360 g/mol. The van der Waals surface area contributed by atoms with E-state index in [4.69, 9.17) is 14.6 Å². The van der Waals surface area contributed by atoms with Gasteiger partial charge in [-0.1, -0.05) is 6.07 Å². The van der Waals surface area contributed by atoms with Crippen LogP contribution < -0.4 is 14.8 Å². The molecule has 2 heterocycles. The van der Waals surface area contributed by atoms with Crippen molar-refractivity contribution < 1.29 is 24.2 Å². The second-order valence-corrected chi connectivity index (χ2v) is 6.94. The number of fused-ring (bicyclic) bond motifs is 1. The fourth-order valence-electron chi connectivity index (χ4n) is 2.93. The van der Waals surface area contributed by atoms with Crippen LogP contribution in [-0.4, -0.2) is 35.2 Å². The van der Waals surface area contributed by atoms with Crippen molar-refractivity contribution in [1.82, 2.24) is 10.3 Å². The lowest BCUT2D eigenvalue weighted by atomic mass is 10.1. The molecule has 0 bridgehead atoms. The van der Waals surface area contributed by atoms with Crippen LogP contribution in [0.25, 0.3) is 0 Å². The Balaban J connectivity index is 1.34. The number of thiazole rings is 1. The summed E-state index contributed by atoms with van der Waals surface area (Å²) in [6, 6.07) is 5.82. The van der Waals surface area contributed by atoms with E-state index in [9.17, 15) is 9.59 Å². The van der Waals surface area contributed by atoms with Crippen LogP contribution >= 0.6 is 11.3 Å². The number of nitrogens with zero attached hydrogens (tertiary/aromatic N) is 1. The fraction of sp³-hybridized carbons (Fsp3) is 0.353. The van der Waals surface area contributed by atoms with E-state index in [0.717, 1.165) is 23.5 Å². The number of ether oxygens (including phenoxy) is 2. The Morgan fingerprint density at radius 2 is 2.08 bits per heavy atom. The number of carbonyl (C=O) groups excluding carboxylic acids is 1. The molecule has 1 fully saturated rings. The van der Waals surface area contributed by atoms with Gasteiger partial charge in [-0.15, -0.1) is 11.3 Å². The Morgan fingerprint density at radius 1 is 1.28 bits per heavy atom. The standard InChI is InChI=1S/C17H16N2O5S/c20-16(18-7-15-19-12(8-25-15)17(21)22)11-6-10(11)9-1-2-13-14(5-9)24-4-3-23-13/h1-2,5,8,10-11H,3-4,6-7H2,(H,18,20)(H,21,22)/t10-,11-/m0/s1. The summed E-state index contributed by atoms with van der Waals surface area (Å²) in [5, 5.41) is 13.7. The van der Waals surface area contributed by atoms with Crippen molar-refractivity contribution in [3.05, 3.63) is 39.8 Å². The van der Waals surface area contributed by atoms with Gasteiger partial charge in [-0.3, -0.25) is 4.79 Å². The molecule has 2 aromatic rings. The number of hydrogen-bond donors (Lipinski definition) is 2. The van der Waals surface area contributed by atoms with Crippen LogP contribution in [0.2, 0.25) is 0 Å². The summed E-state index contributed by atoms with van der Waals surface area (Å²) in [6.07, 6.45) is 0.795. The van der Waals surface area contributed by atoms with E-state index in [-0.39, 0.29) is 30.0 Å². The second-order valence-electron chi connectivity index (χ2n) is 6.00. The third kappa shape index (κ3) is 3.30. The number of carboxylic acids is 1. The SMILES string of the molecule is O=C(O)c1csc(CNC(=O)[C@H]2C[C@H]2c2ccc3c(c2)OCCO3)n1. The van der Waals surface area contributed by atoms with Crippen molar-refractivity contribution in [2.45, 2.75) is 18.9 Å². The molecular weight excluding hydrogens is 344 g/mol. The molecule has 4 rings (SSSR count). The first-order valence-corrected chi connectivity index (χ1v) is 8.85. The van der Waals surface area contributed by atoms with Crippen molar-refractivity contribution in [3.8, 4) is 11.5 Å². The molecule has 0 spiro atoms. The summed E-state index contributed by atoms with van der Waals surface area (Å²) in [4.78, 5) is 27.1. The Hall–Kier alpha value is -2.61. The van der Waals surface area contributed by atoms with Gasteiger partial charge in [0.15, 0.2) is 17.2 Å². The van der Waals surface area contributed by atoms with Crippen LogP contribution in [0.15, 0.2) is 23.6 Å². The molecule has 1 aromatic carbocycles. The molecule has 1 aliphatic heterocycles. The number of hydrogen-bond acceptors (Lipinski definition) is 6. The van der Waals surface area contributed by atoms with E-state index in [1.54, 1.807) is 0 Å². The molecule has 7 nitrogen and oxygen atoms in total. The fourth-order valence-corrected chi connectivity index (χ4v) is 3.64. The highest BCUT2D eigenvalue weighted by Gasteiger charge is 2.44. The first kappa shape index (κ1) is 15.9. The quantitative estimate of drug-likeness (QED) is 0.847. The van der Waals surface area contributed by atoms with Gasteiger partial charge in [0, 0.05) is 11.3 Å². The molecule has 0 unspecified atom stereocenters. The highest BCUT2D eigenvalue weighted by Crippen LogP contribution is 2.49. The van der Waals surface area contributed by atoms with E-state index in [1.165, 1.54) is 16.7 Å². The van der Waals surface area contributed by atoms with Crippen molar-refractivity contribution in [1.29, 1.82) is 0 Å². The zero-order chi connectivity index (χ0) is 17.4. The number of aromatic carboxylic acids is 1. The molecule has 8 heteroatoms. The van der Waals surface area contributed by atoms with Crippen LogP contribution in [0, 0.1) is 5.92 Å². The van der Waals surface area contributed by atoms with E-state index < -0.39 is 5.97 Å². The van der Waals surface area contributed by atoms with Crippen LogP contribution in [0.4, 0.5) is 0 Å². The van der Waals surface area contributed by atoms with Gasteiger partial charge in [0.25, 0.3) is 0 Å². The maximum Gasteiger partial charge on any atom is 0.355 e. The molecule has 2 N–H and O–H groups in total. The smallest absolute Gasteiger partial charge is 0.355 e. The Morgan fingerprint density at radius 3 is 2.84 bits per heavy atom. The number of rotatable bonds is 5. The number of aromatic nitrogens is 1. The summed E-state index contributed by atoms with van der Waals surface area (Å²) < 4.78 is 11.1. The van der Waals surface area contributed by atoms with Gasteiger partial charge in [0.05, 0.1) is 6.54 Å². The van der Waals surface area contributed by atoms with Crippen LogP contribution in [0.1, 0.15) is 33.4 Å². The van der Waals surface area contributed by atoms with Crippen molar-refractivity contribution in [3.63, 3.8) is 0 Å². The van der Waals surface area contributed by atoms with Crippen molar-refractivity contribution >= 4 is 23.2 Å². The third-order valence-electron chi connectivity index (χ3n) is 4.31. The molecule has 25 heavy (non-hydrogen) atoms. The zero-order valence-electron chi connectivity index (χ0n) is 13.2. The van der Waals surface area contributed by atoms with Gasteiger partial charge >= 0.3 is 5.97 Å².